The maximum absolute atomic E-state index is 12.2. The minimum atomic E-state index is -0.405. The van der Waals surface area contributed by atoms with Gasteiger partial charge in [0.15, 0.2) is 0 Å². The minimum Gasteiger partial charge on any atom is -0.421 e. The predicted octanol–water partition coefficient (Wildman–Crippen LogP) is 8.85. The first-order valence-electron chi connectivity index (χ1n) is 12.9. The number of nitrogens with one attached hydrogen (secondary N) is 1. The van der Waals surface area contributed by atoms with Crippen molar-refractivity contribution in [1.29, 1.82) is 0 Å². The lowest BCUT2D eigenvalue weighted by molar-refractivity contribution is 0.0734. The lowest BCUT2D eigenvalue weighted by atomic mass is 10.0. The summed E-state index contributed by atoms with van der Waals surface area (Å²) in [6.07, 6.45) is 20.6. The summed E-state index contributed by atoms with van der Waals surface area (Å²) in [6, 6.07) is 10.6. The van der Waals surface area contributed by atoms with Crippen LogP contribution in [0.5, 0.6) is 5.75 Å². The van der Waals surface area contributed by atoms with E-state index >= 15 is 0 Å². The summed E-state index contributed by atoms with van der Waals surface area (Å²) < 4.78 is 5.31. The lowest BCUT2D eigenvalue weighted by Gasteiger charge is -2.08. The third-order valence-corrected chi connectivity index (χ3v) is 6.11. The summed E-state index contributed by atoms with van der Waals surface area (Å²) in [5.74, 6) is -0.0259. The van der Waals surface area contributed by atoms with Gasteiger partial charge in [0.1, 0.15) is 10.9 Å². The van der Waals surface area contributed by atoms with Crippen LogP contribution in [-0.4, -0.2) is 17.5 Å². The van der Waals surface area contributed by atoms with E-state index in [2.05, 4.69) is 17.2 Å². The van der Waals surface area contributed by atoms with Gasteiger partial charge >= 0.3 is 5.97 Å². The fourth-order valence-electron chi connectivity index (χ4n) is 3.87. The van der Waals surface area contributed by atoms with Crippen molar-refractivity contribution in [3.05, 3.63) is 53.3 Å². The predicted molar refractivity (Wildman–Crippen MR) is 139 cm³/mol. The Hall–Kier alpha value is -2.07. The van der Waals surface area contributed by atoms with E-state index in [1.165, 1.54) is 96.1 Å². The molecule has 1 heterocycles. The highest BCUT2D eigenvalue weighted by molar-refractivity contribution is 6.29. The van der Waals surface area contributed by atoms with Crippen LogP contribution in [0.4, 0.5) is 5.69 Å². The molecule has 2 aromatic rings. The number of hydrogen-bond donors (Lipinski definition) is 1. The van der Waals surface area contributed by atoms with E-state index in [0.717, 1.165) is 12.2 Å². The molecule has 4 nitrogen and oxygen atoms in total. The van der Waals surface area contributed by atoms with Gasteiger partial charge in [0.2, 0.25) is 0 Å². The van der Waals surface area contributed by atoms with Crippen molar-refractivity contribution >= 4 is 23.3 Å². The van der Waals surface area contributed by atoms with Crippen LogP contribution in [0.3, 0.4) is 0 Å². The molecule has 2 rings (SSSR count). The number of esters is 1. The Bertz CT molecular complexity index is 762. The van der Waals surface area contributed by atoms with Gasteiger partial charge in [-0.05, 0) is 42.8 Å². The fourth-order valence-corrected chi connectivity index (χ4v) is 3.98. The molecule has 0 saturated heterocycles. The van der Waals surface area contributed by atoms with E-state index in [1.807, 2.05) is 12.1 Å². The number of nitrogens with zero attached hydrogens (tertiary/aromatic N) is 1. The second-order valence-electron chi connectivity index (χ2n) is 8.81. The molecular formula is C28H41ClN2O2. The van der Waals surface area contributed by atoms with Crippen molar-refractivity contribution in [3.63, 3.8) is 0 Å². The molecule has 1 aromatic carbocycles. The highest BCUT2D eigenvalue weighted by atomic mass is 35.5. The third kappa shape index (κ3) is 12.7. The van der Waals surface area contributed by atoms with Crippen molar-refractivity contribution in [1.82, 2.24) is 4.98 Å². The number of rotatable bonds is 18. The van der Waals surface area contributed by atoms with Gasteiger partial charge in [0.05, 0.1) is 11.8 Å². The SMILES string of the molecule is CCCCCCCCCCCCCCCCNc1ccc(C(=O)Oc2ccc(Cl)nc2)cc1. The topological polar surface area (TPSA) is 51.2 Å². The van der Waals surface area contributed by atoms with Crippen molar-refractivity contribution in [2.75, 3.05) is 11.9 Å². The molecule has 0 saturated carbocycles. The number of carbonyl (C=O) groups is 1. The number of aromatic nitrogens is 1. The van der Waals surface area contributed by atoms with Crippen molar-refractivity contribution in [2.45, 2.75) is 96.8 Å². The molecule has 0 fully saturated rings. The Morgan fingerprint density at radius 1 is 0.788 bits per heavy atom. The molecule has 0 amide bonds. The Morgan fingerprint density at radius 2 is 1.33 bits per heavy atom. The van der Waals surface area contributed by atoms with Gasteiger partial charge in [-0.2, -0.15) is 0 Å². The van der Waals surface area contributed by atoms with Gasteiger partial charge < -0.3 is 10.1 Å². The molecule has 0 aliphatic carbocycles. The monoisotopic (exact) mass is 472 g/mol. The van der Waals surface area contributed by atoms with E-state index in [0.29, 0.717) is 16.5 Å². The van der Waals surface area contributed by atoms with Gasteiger partial charge in [-0.15, -0.1) is 0 Å². The standard InChI is InChI=1S/C28H41ClN2O2/c1-2-3-4-5-6-7-8-9-10-11-12-13-14-15-22-30-25-18-16-24(17-19-25)28(32)33-26-20-21-27(29)31-23-26/h16-21,23,30H,2-15,22H2,1H3. The Morgan fingerprint density at radius 3 is 1.85 bits per heavy atom. The molecule has 5 heteroatoms. The van der Waals surface area contributed by atoms with Crippen LogP contribution in [0.2, 0.25) is 5.15 Å². The Kier molecular flexibility index (Phi) is 14.3. The molecule has 1 N–H and O–H groups in total. The van der Waals surface area contributed by atoms with E-state index in [-0.39, 0.29) is 0 Å². The smallest absolute Gasteiger partial charge is 0.343 e. The normalized spacial score (nSPS) is 10.8. The first-order valence-corrected chi connectivity index (χ1v) is 13.2. The zero-order chi connectivity index (χ0) is 23.6. The molecule has 0 spiro atoms. The average molecular weight is 473 g/mol. The summed E-state index contributed by atoms with van der Waals surface area (Å²) in [7, 11) is 0. The maximum atomic E-state index is 12.2. The Balaban J connectivity index is 1.45. The summed E-state index contributed by atoms with van der Waals surface area (Å²) in [5, 5.41) is 3.80. The quantitative estimate of drug-likeness (QED) is 0.134. The molecule has 0 atom stereocenters. The molecule has 0 bridgehead atoms. The van der Waals surface area contributed by atoms with Crippen LogP contribution in [0.25, 0.3) is 0 Å². The second-order valence-corrected chi connectivity index (χ2v) is 9.19. The molecule has 0 aliphatic rings. The number of unbranched alkanes of at least 4 members (excludes halogenated alkanes) is 13. The van der Waals surface area contributed by atoms with Gasteiger partial charge in [-0.1, -0.05) is 102 Å². The van der Waals surface area contributed by atoms with Gasteiger partial charge in [-0.3, -0.25) is 0 Å². The highest BCUT2D eigenvalue weighted by Gasteiger charge is 2.08. The van der Waals surface area contributed by atoms with Crippen molar-refractivity contribution in [3.8, 4) is 5.75 Å². The Labute approximate surface area is 205 Å². The fraction of sp³-hybridized carbons (Fsp3) is 0.571. The van der Waals surface area contributed by atoms with Gasteiger partial charge in [0, 0.05) is 12.2 Å². The van der Waals surface area contributed by atoms with Crippen LogP contribution >= 0.6 is 11.6 Å². The van der Waals surface area contributed by atoms with Crippen LogP contribution in [0, 0.1) is 0 Å². The van der Waals surface area contributed by atoms with Crippen molar-refractivity contribution < 1.29 is 9.53 Å². The lowest BCUT2D eigenvalue weighted by Crippen LogP contribution is -2.09. The first-order chi connectivity index (χ1) is 16.2. The number of anilines is 1. The number of carbonyl (C=O) groups excluding carboxylic acids is 1. The van der Waals surface area contributed by atoms with Crippen LogP contribution < -0.4 is 10.1 Å². The van der Waals surface area contributed by atoms with E-state index in [4.69, 9.17) is 16.3 Å². The van der Waals surface area contributed by atoms with E-state index in [9.17, 15) is 4.79 Å². The summed E-state index contributed by atoms with van der Waals surface area (Å²) in [6.45, 7) is 3.23. The van der Waals surface area contributed by atoms with Crippen LogP contribution in [0.1, 0.15) is 107 Å². The molecule has 0 radical (unpaired) electrons. The van der Waals surface area contributed by atoms with Gasteiger partial charge in [0.25, 0.3) is 0 Å². The molecule has 182 valence electrons. The van der Waals surface area contributed by atoms with Crippen molar-refractivity contribution in [2.24, 2.45) is 0 Å². The molecular weight excluding hydrogens is 432 g/mol. The van der Waals surface area contributed by atoms with E-state index in [1.54, 1.807) is 24.3 Å². The number of halogens is 1. The largest absolute Gasteiger partial charge is 0.421 e. The zero-order valence-corrected chi connectivity index (χ0v) is 21.0. The summed E-state index contributed by atoms with van der Waals surface area (Å²) in [4.78, 5) is 16.1. The molecule has 0 unspecified atom stereocenters. The summed E-state index contributed by atoms with van der Waals surface area (Å²) >= 11 is 5.74. The molecule has 33 heavy (non-hydrogen) atoms. The highest BCUT2D eigenvalue weighted by Crippen LogP contribution is 2.16. The minimum absolute atomic E-state index is 0.365. The first kappa shape index (κ1) is 27.2. The van der Waals surface area contributed by atoms with Crippen LogP contribution in [0.15, 0.2) is 42.6 Å². The molecule has 0 aliphatic heterocycles. The zero-order valence-electron chi connectivity index (χ0n) is 20.3. The average Bonchev–Trinajstić information content (AvgIpc) is 2.83. The molecule has 1 aromatic heterocycles. The second kappa shape index (κ2) is 17.4. The van der Waals surface area contributed by atoms with Crippen LogP contribution in [-0.2, 0) is 0 Å². The number of hydrogen-bond acceptors (Lipinski definition) is 4. The number of benzene rings is 1. The third-order valence-electron chi connectivity index (χ3n) is 5.89. The maximum Gasteiger partial charge on any atom is 0.343 e. The number of pyridine rings is 1. The summed E-state index contributed by atoms with van der Waals surface area (Å²) in [5.41, 5.74) is 1.53. The number of ether oxygens (including phenoxy) is 1. The van der Waals surface area contributed by atoms with E-state index < -0.39 is 5.97 Å². The van der Waals surface area contributed by atoms with Gasteiger partial charge in [-0.25, -0.2) is 9.78 Å².